The van der Waals surface area contributed by atoms with Crippen molar-refractivity contribution in [2.45, 2.75) is 12.5 Å². The monoisotopic (exact) mass is 436 g/mol. The predicted octanol–water partition coefficient (Wildman–Crippen LogP) is 5.27. The zero-order valence-electron chi connectivity index (χ0n) is 17.7. The van der Waals surface area contributed by atoms with Crippen LogP contribution in [0.1, 0.15) is 27.7 Å². The Morgan fingerprint density at radius 1 is 0.879 bits per heavy atom. The number of aromatic nitrogens is 3. The number of nitrogens with zero attached hydrogens (tertiary/aromatic N) is 3. The summed E-state index contributed by atoms with van der Waals surface area (Å²) in [6, 6.07) is 29.2. The van der Waals surface area contributed by atoms with E-state index in [1.807, 2.05) is 66.7 Å². The minimum Gasteiger partial charge on any atom is -0.343 e. The number of amides is 1. The average molecular weight is 436 g/mol. The van der Waals surface area contributed by atoms with Gasteiger partial charge in [-0.25, -0.2) is 14.1 Å². The summed E-state index contributed by atoms with van der Waals surface area (Å²) in [5.41, 5.74) is 3.57. The Bertz CT molecular complexity index is 1380. The number of carbonyl (C=O) groups excluding carboxylic acids is 1. The Morgan fingerprint density at radius 3 is 2.30 bits per heavy atom. The third-order valence-corrected chi connectivity index (χ3v) is 5.52. The molecule has 0 aliphatic heterocycles. The van der Waals surface area contributed by atoms with Crippen LogP contribution in [0.2, 0.25) is 0 Å². The lowest BCUT2D eigenvalue weighted by atomic mass is 9.98. The summed E-state index contributed by atoms with van der Waals surface area (Å²) in [4.78, 5) is 17.9. The summed E-state index contributed by atoms with van der Waals surface area (Å²) in [5, 5.41) is 8.35. The lowest BCUT2D eigenvalue weighted by Crippen LogP contribution is -2.30. The van der Waals surface area contributed by atoms with Gasteiger partial charge in [-0.2, -0.15) is 5.10 Å². The van der Waals surface area contributed by atoms with E-state index in [1.165, 1.54) is 12.1 Å². The Hall–Kier alpha value is -4.32. The van der Waals surface area contributed by atoms with Crippen LogP contribution in [0.5, 0.6) is 0 Å². The van der Waals surface area contributed by atoms with E-state index in [1.54, 1.807) is 29.1 Å². The van der Waals surface area contributed by atoms with Crippen LogP contribution >= 0.6 is 0 Å². The summed E-state index contributed by atoms with van der Waals surface area (Å²) in [6.45, 7) is 0. The van der Waals surface area contributed by atoms with Crippen LogP contribution in [-0.4, -0.2) is 20.7 Å². The molecule has 0 unspecified atom stereocenters. The van der Waals surface area contributed by atoms with E-state index in [9.17, 15) is 9.18 Å². The number of carbonyl (C=O) groups is 1. The van der Waals surface area contributed by atoms with Gasteiger partial charge in [0.05, 0.1) is 17.1 Å². The zero-order chi connectivity index (χ0) is 22.6. The van der Waals surface area contributed by atoms with Crippen LogP contribution in [0.3, 0.4) is 0 Å². The highest BCUT2D eigenvalue weighted by molar-refractivity contribution is 6.04. The van der Waals surface area contributed by atoms with Crippen molar-refractivity contribution in [2.75, 3.05) is 0 Å². The normalized spacial score (nSPS) is 11.9. The largest absolute Gasteiger partial charge is 0.343 e. The van der Waals surface area contributed by atoms with E-state index in [-0.39, 0.29) is 23.5 Å². The fraction of sp³-hybridized carbons (Fsp3) is 0.0741. The fourth-order valence-electron chi connectivity index (χ4n) is 3.90. The van der Waals surface area contributed by atoms with Gasteiger partial charge in [0, 0.05) is 6.20 Å². The van der Waals surface area contributed by atoms with Crippen LogP contribution in [0.4, 0.5) is 4.39 Å². The summed E-state index contributed by atoms with van der Waals surface area (Å²) in [6.07, 6.45) is 2.29. The highest BCUT2D eigenvalue weighted by atomic mass is 19.1. The molecule has 0 saturated carbocycles. The molecule has 0 aliphatic carbocycles. The summed E-state index contributed by atoms with van der Waals surface area (Å²) >= 11 is 0. The van der Waals surface area contributed by atoms with Gasteiger partial charge >= 0.3 is 0 Å². The molecule has 0 saturated heterocycles. The first-order valence-corrected chi connectivity index (χ1v) is 10.7. The van der Waals surface area contributed by atoms with Crippen molar-refractivity contribution >= 4 is 16.9 Å². The van der Waals surface area contributed by atoms with E-state index < -0.39 is 0 Å². The third-order valence-electron chi connectivity index (χ3n) is 5.52. The molecule has 5 aromatic rings. The number of nitrogens with one attached hydrogen (secondary N) is 1. The minimum absolute atomic E-state index is 0.233. The van der Waals surface area contributed by atoms with Gasteiger partial charge in [-0.15, -0.1) is 0 Å². The molecule has 0 fully saturated rings. The molecule has 5 nitrogen and oxygen atoms in total. The van der Waals surface area contributed by atoms with Gasteiger partial charge in [-0.1, -0.05) is 60.7 Å². The lowest BCUT2D eigenvalue weighted by Gasteiger charge is -2.19. The molecule has 162 valence electrons. The van der Waals surface area contributed by atoms with Crippen LogP contribution in [0, 0.1) is 5.82 Å². The Balaban J connectivity index is 1.51. The number of hydrogen-bond acceptors (Lipinski definition) is 3. The Labute approximate surface area is 190 Å². The maximum atomic E-state index is 13.5. The van der Waals surface area contributed by atoms with Gasteiger partial charge in [0.15, 0.2) is 11.3 Å². The van der Waals surface area contributed by atoms with Crippen LogP contribution in [-0.2, 0) is 6.42 Å². The van der Waals surface area contributed by atoms with Crippen molar-refractivity contribution < 1.29 is 9.18 Å². The van der Waals surface area contributed by atoms with Crippen molar-refractivity contribution in [1.82, 2.24) is 20.1 Å². The van der Waals surface area contributed by atoms with E-state index in [2.05, 4.69) is 15.4 Å². The van der Waals surface area contributed by atoms with Gasteiger partial charge in [-0.3, -0.25) is 4.79 Å². The number of fused-ring (bicyclic) bond motifs is 1. The highest BCUT2D eigenvalue weighted by Crippen LogP contribution is 2.23. The van der Waals surface area contributed by atoms with Gasteiger partial charge in [0.1, 0.15) is 5.82 Å². The number of rotatable bonds is 6. The molecule has 6 heteroatoms. The maximum Gasteiger partial charge on any atom is 0.273 e. The summed E-state index contributed by atoms with van der Waals surface area (Å²) in [5.74, 6) is -0.633. The quantitative estimate of drug-likeness (QED) is 0.394. The van der Waals surface area contributed by atoms with Gasteiger partial charge in [0.25, 0.3) is 5.91 Å². The number of hydrogen-bond donors (Lipinski definition) is 1. The van der Waals surface area contributed by atoms with Crippen LogP contribution < -0.4 is 5.32 Å². The van der Waals surface area contributed by atoms with Crippen molar-refractivity contribution in [3.05, 3.63) is 126 Å². The van der Waals surface area contributed by atoms with E-state index in [0.29, 0.717) is 23.1 Å². The first kappa shape index (κ1) is 20.6. The van der Waals surface area contributed by atoms with E-state index >= 15 is 0 Å². The molecule has 2 heterocycles. The fourth-order valence-corrected chi connectivity index (χ4v) is 3.90. The first-order chi connectivity index (χ1) is 16.2. The molecule has 2 aromatic heterocycles. The Kier molecular flexibility index (Phi) is 5.64. The topological polar surface area (TPSA) is 59.8 Å². The van der Waals surface area contributed by atoms with Crippen LogP contribution in [0.25, 0.3) is 16.7 Å². The van der Waals surface area contributed by atoms with Gasteiger partial charge in [-0.05, 0) is 53.9 Å². The second kappa shape index (κ2) is 9.04. The van der Waals surface area contributed by atoms with Crippen molar-refractivity contribution in [1.29, 1.82) is 0 Å². The second-order valence-electron chi connectivity index (χ2n) is 7.74. The molecular weight excluding hydrogens is 415 g/mol. The van der Waals surface area contributed by atoms with Crippen molar-refractivity contribution in [2.24, 2.45) is 0 Å². The maximum absolute atomic E-state index is 13.5. The predicted molar refractivity (Wildman–Crippen MR) is 126 cm³/mol. The number of pyridine rings is 1. The number of benzene rings is 3. The Morgan fingerprint density at radius 2 is 1.58 bits per heavy atom. The second-order valence-corrected chi connectivity index (χ2v) is 7.74. The van der Waals surface area contributed by atoms with Gasteiger partial charge < -0.3 is 5.32 Å². The smallest absolute Gasteiger partial charge is 0.273 e. The molecule has 1 amide bonds. The van der Waals surface area contributed by atoms with Crippen molar-refractivity contribution in [3.8, 4) is 5.69 Å². The minimum atomic E-state index is -0.340. The molecule has 33 heavy (non-hydrogen) atoms. The molecule has 0 radical (unpaired) electrons. The molecule has 1 N–H and O–H groups in total. The van der Waals surface area contributed by atoms with Crippen molar-refractivity contribution in [3.63, 3.8) is 0 Å². The van der Waals surface area contributed by atoms with Crippen LogP contribution in [0.15, 0.2) is 103 Å². The summed E-state index contributed by atoms with van der Waals surface area (Å²) in [7, 11) is 0. The molecular formula is C27H21FN4O. The highest BCUT2D eigenvalue weighted by Gasteiger charge is 2.22. The molecule has 0 spiro atoms. The molecule has 0 aliphatic rings. The van der Waals surface area contributed by atoms with E-state index in [4.69, 9.17) is 0 Å². The van der Waals surface area contributed by atoms with E-state index in [0.717, 1.165) is 11.1 Å². The summed E-state index contributed by atoms with van der Waals surface area (Å²) < 4.78 is 15.0. The SMILES string of the molecule is O=C(N[C@H](Cc1ccccc1)c1ccccc1)c1nn(-c2ccc(F)cc2)c2ncccc12. The average Bonchev–Trinajstić information content (AvgIpc) is 3.25. The number of halogens is 1. The molecule has 1 atom stereocenters. The first-order valence-electron chi connectivity index (χ1n) is 10.7. The molecule has 5 rings (SSSR count). The standard InChI is InChI=1S/C27H21FN4O/c28-21-13-15-22(16-14-21)32-26-23(12-7-17-29-26)25(31-32)27(33)30-24(20-10-5-2-6-11-20)18-19-8-3-1-4-9-19/h1-17,24H,18H2,(H,30,33)/t24-/m1/s1. The zero-order valence-corrected chi connectivity index (χ0v) is 17.7. The van der Waals surface area contributed by atoms with Gasteiger partial charge in [0.2, 0.25) is 0 Å². The third kappa shape index (κ3) is 4.36. The molecule has 3 aromatic carbocycles. The lowest BCUT2D eigenvalue weighted by molar-refractivity contribution is 0.0932. The molecule has 0 bridgehead atoms.